The molecule has 0 unspecified atom stereocenters. The van der Waals surface area contributed by atoms with Crippen LogP contribution in [0.3, 0.4) is 0 Å². The van der Waals surface area contributed by atoms with Crippen molar-refractivity contribution < 1.29 is 4.74 Å². The Morgan fingerprint density at radius 3 is 2.90 bits per heavy atom. The summed E-state index contributed by atoms with van der Waals surface area (Å²) in [4.78, 5) is 16.2. The van der Waals surface area contributed by atoms with Gasteiger partial charge in [-0.1, -0.05) is 12.1 Å². The molecule has 7 nitrogen and oxygen atoms in total. The summed E-state index contributed by atoms with van der Waals surface area (Å²) in [6.07, 6.45) is 3.87. The Bertz CT molecular complexity index is 1180. The maximum absolute atomic E-state index is 12.0. The van der Waals surface area contributed by atoms with Gasteiger partial charge in [0.25, 0.3) is 5.56 Å². The molecule has 0 radical (unpaired) electrons. The van der Waals surface area contributed by atoms with Gasteiger partial charge < -0.3 is 25.7 Å². The van der Waals surface area contributed by atoms with Crippen molar-refractivity contribution in [3.05, 3.63) is 58.6 Å². The Labute approximate surface area is 175 Å². The zero-order valence-corrected chi connectivity index (χ0v) is 17.4. The van der Waals surface area contributed by atoms with Gasteiger partial charge in [0.2, 0.25) is 0 Å². The van der Waals surface area contributed by atoms with E-state index in [1.54, 1.807) is 23.9 Å². The molecule has 7 heteroatoms. The van der Waals surface area contributed by atoms with Crippen LogP contribution in [0.4, 0.5) is 11.5 Å². The second-order valence-electron chi connectivity index (χ2n) is 8.96. The lowest BCUT2D eigenvalue weighted by Gasteiger charge is -2.46. The van der Waals surface area contributed by atoms with Crippen molar-refractivity contribution in [2.24, 2.45) is 12.5 Å². The second kappa shape index (κ2) is 6.74. The third kappa shape index (κ3) is 3.10. The molecule has 1 aromatic carbocycles. The lowest BCUT2D eigenvalue weighted by atomic mass is 9.62. The maximum Gasteiger partial charge on any atom is 0.254 e. The van der Waals surface area contributed by atoms with Gasteiger partial charge in [0.15, 0.2) is 0 Å². The molecule has 4 heterocycles. The molecule has 0 amide bonds. The minimum atomic E-state index is -0.0369. The highest BCUT2D eigenvalue weighted by Gasteiger charge is 2.60. The second-order valence-corrected chi connectivity index (χ2v) is 8.96. The van der Waals surface area contributed by atoms with E-state index in [1.807, 2.05) is 31.2 Å². The number of hydrogen-bond acceptors (Lipinski definition) is 6. The monoisotopic (exact) mass is 405 g/mol. The molecule has 3 fully saturated rings. The fraction of sp³-hybridized carbons (Fsp3) is 0.391. The zero-order chi connectivity index (χ0) is 20.9. The van der Waals surface area contributed by atoms with Gasteiger partial charge in [0, 0.05) is 65.5 Å². The first-order valence-electron chi connectivity index (χ1n) is 10.3. The van der Waals surface area contributed by atoms with Crippen LogP contribution in [-0.2, 0) is 7.05 Å². The van der Waals surface area contributed by atoms with Crippen molar-refractivity contribution >= 4 is 22.3 Å². The van der Waals surface area contributed by atoms with E-state index < -0.39 is 0 Å². The molecule has 0 atom stereocenters. The first-order chi connectivity index (χ1) is 14.4. The molecule has 30 heavy (non-hydrogen) atoms. The lowest BCUT2D eigenvalue weighted by molar-refractivity contribution is 0.0599. The van der Waals surface area contributed by atoms with Gasteiger partial charge in [-0.2, -0.15) is 0 Å². The number of nitrogens with two attached hydrogens (primary N) is 1. The molecule has 2 saturated heterocycles. The predicted molar refractivity (Wildman–Crippen MR) is 119 cm³/mol. The van der Waals surface area contributed by atoms with Crippen molar-refractivity contribution in [1.82, 2.24) is 14.9 Å². The van der Waals surface area contributed by atoms with E-state index in [0.29, 0.717) is 18.2 Å². The molecule has 3 aliphatic rings. The van der Waals surface area contributed by atoms with Crippen LogP contribution in [0.1, 0.15) is 18.5 Å². The van der Waals surface area contributed by atoms with Crippen LogP contribution in [0, 0.1) is 12.3 Å². The number of fused-ring (bicyclic) bond motifs is 2. The highest BCUT2D eigenvalue weighted by atomic mass is 16.5. The van der Waals surface area contributed by atoms with E-state index in [1.165, 1.54) is 0 Å². The summed E-state index contributed by atoms with van der Waals surface area (Å²) < 4.78 is 7.66. The zero-order valence-electron chi connectivity index (χ0n) is 17.4. The average molecular weight is 406 g/mol. The Balaban J connectivity index is 1.23. The Morgan fingerprint density at radius 2 is 2.10 bits per heavy atom. The topological polar surface area (TPSA) is 94.2 Å². The van der Waals surface area contributed by atoms with Gasteiger partial charge in [0.1, 0.15) is 11.6 Å². The quantitative estimate of drug-likeness (QED) is 0.583. The van der Waals surface area contributed by atoms with Crippen molar-refractivity contribution in [1.29, 1.82) is 0 Å². The first kappa shape index (κ1) is 18.9. The van der Waals surface area contributed by atoms with Crippen LogP contribution >= 0.6 is 0 Å². The van der Waals surface area contributed by atoms with Crippen LogP contribution in [0.5, 0.6) is 5.75 Å². The van der Waals surface area contributed by atoms with Crippen LogP contribution in [0.25, 0.3) is 10.8 Å². The predicted octanol–water partition coefficient (Wildman–Crippen LogP) is 2.44. The summed E-state index contributed by atoms with van der Waals surface area (Å²) in [7, 11) is 1.77. The van der Waals surface area contributed by atoms with Crippen LogP contribution in [0.15, 0.2) is 47.4 Å². The Morgan fingerprint density at radius 1 is 1.27 bits per heavy atom. The van der Waals surface area contributed by atoms with E-state index >= 15 is 0 Å². The van der Waals surface area contributed by atoms with Gasteiger partial charge in [-0.05, 0) is 38.0 Å². The Hall–Kier alpha value is -3.06. The van der Waals surface area contributed by atoms with Crippen LogP contribution in [-0.4, -0.2) is 34.8 Å². The number of benzene rings is 1. The number of nitrogen functional groups attached to an aromatic ring is 1. The minimum absolute atomic E-state index is 0.0369. The van der Waals surface area contributed by atoms with Gasteiger partial charge >= 0.3 is 0 Å². The Kier molecular flexibility index (Phi) is 4.25. The average Bonchev–Trinajstić information content (AvgIpc) is 3.25. The van der Waals surface area contributed by atoms with Gasteiger partial charge in [-0.3, -0.25) is 4.79 Å². The molecule has 4 N–H and O–H groups in total. The van der Waals surface area contributed by atoms with Gasteiger partial charge in [-0.25, -0.2) is 4.98 Å². The third-order valence-corrected chi connectivity index (χ3v) is 6.74. The van der Waals surface area contributed by atoms with Crippen molar-refractivity contribution in [2.75, 3.05) is 30.7 Å². The number of aryl methyl sites for hydroxylation is 1. The molecule has 3 aromatic rings. The summed E-state index contributed by atoms with van der Waals surface area (Å²) in [5.74, 6) is 1.22. The molecule has 156 valence electrons. The fourth-order valence-electron chi connectivity index (χ4n) is 5.05. The van der Waals surface area contributed by atoms with Crippen LogP contribution < -0.4 is 26.7 Å². The van der Waals surface area contributed by atoms with E-state index in [2.05, 4.69) is 21.7 Å². The lowest BCUT2D eigenvalue weighted by Crippen LogP contribution is -2.54. The van der Waals surface area contributed by atoms with Crippen molar-refractivity contribution in [3.8, 4) is 5.75 Å². The summed E-state index contributed by atoms with van der Waals surface area (Å²) in [5.41, 5.74) is 8.19. The number of rotatable bonds is 6. The third-order valence-electron chi connectivity index (χ3n) is 6.74. The summed E-state index contributed by atoms with van der Waals surface area (Å²) >= 11 is 0. The molecule has 1 saturated carbocycles. The van der Waals surface area contributed by atoms with Crippen LogP contribution in [0.2, 0.25) is 0 Å². The molecule has 2 aliphatic heterocycles. The molecular formula is C23H27N5O2. The number of nitrogens with zero attached hydrogens (tertiary/aromatic N) is 2. The molecule has 2 bridgehead atoms. The van der Waals surface area contributed by atoms with Gasteiger partial charge in [0.05, 0.1) is 6.61 Å². The maximum atomic E-state index is 12.0. The highest BCUT2D eigenvalue weighted by molar-refractivity contribution is 5.99. The number of anilines is 2. The molecule has 1 aliphatic carbocycles. The number of nitrogens with one attached hydrogen (secondary N) is 2. The largest absolute Gasteiger partial charge is 0.493 e. The molecular weight excluding hydrogens is 378 g/mol. The number of pyridine rings is 2. The van der Waals surface area contributed by atoms with E-state index in [4.69, 9.17) is 10.5 Å². The van der Waals surface area contributed by atoms with Crippen molar-refractivity contribution in [2.45, 2.75) is 25.3 Å². The first-order valence-corrected chi connectivity index (χ1v) is 10.3. The minimum Gasteiger partial charge on any atom is -0.493 e. The van der Waals surface area contributed by atoms with Gasteiger partial charge in [-0.15, -0.1) is 0 Å². The smallest absolute Gasteiger partial charge is 0.254 e. The summed E-state index contributed by atoms with van der Waals surface area (Å²) in [6.45, 7) is 4.33. The van der Waals surface area contributed by atoms with E-state index in [0.717, 1.165) is 48.1 Å². The molecule has 2 aromatic heterocycles. The summed E-state index contributed by atoms with van der Waals surface area (Å²) in [6, 6.07) is 11.6. The fourth-order valence-corrected chi connectivity index (χ4v) is 5.05. The summed E-state index contributed by atoms with van der Waals surface area (Å²) in [5, 5.41) is 9.38. The standard InChI is InChI=1S/C23H27N5O2/c1-15-8-16(9-20(29)28(15)2)30-14-22-10-23(11-22,27-12-22)13-26-19-5-3-4-18-17(19)6-7-25-21(18)24/h3-9,26-27H,10-14H2,1-2H3,(H2,24,25). The molecule has 0 spiro atoms. The number of hydrogen-bond donors (Lipinski definition) is 3. The number of aromatic nitrogens is 2. The normalized spacial score (nSPS) is 24.6. The SMILES string of the molecule is Cc1cc(OCC23CNC(CNc4cccc5c(N)nccc45)(C2)C3)cc(=O)n1C. The van der Waals surface area contributed by atoms with E-state index in [-0.39, 0.29) is 16.5 Å². The number of ether oxygens (including phenoxy) is 1. The van der Waals surface area contributed by atoms with Crippen molar-refractivity contribution in [3.63, 3.8) is 0 Å². The highest BCUT2D eigenvalue weighted by Crippen LogP contribution is 2.54. The molecule has 6 rings (SSSR count). The van der Waals surface area contributed by atoms with E-state index in [9.17, 15) is 4.79 Å².